The van der Waals surface area contributed by atoms with Gasteiger partial charge in [-0.05, 0) is 0 Å². The summed E-state index contributed by atoms with van der Waals surface area (Å²) in [6, 6.07) is 88.4. The topological polar surface area (TPSA) is 559 Å². The van der Waals surface area contributed by atoms with Crippen LogP contribution in [0.2, 0.25) is 0 Å². The van der Waals surface area contributed by atoms with Crippen molar-refractivity contribution >= 4 is 97.7 Å². The van der Waals surface area contributed by atoms with Gasteiger partial charge >= 0.3 is 338 Å². The predicted molar refractivity (Wildman–Crippen MR) is 316 cm³/mol. The number of aliphatic carboxylic acids is 6. The van der Waals surface area contributed by atoms with Crippen molar-refractivity contribution < 1.29 is 148 Å². The predicted octanol–water partition coefficient (Wildman–Crippen LogP) is -11.8. The van der Waals surface area contributed by atoms with Crippen LogP contribution in [-0.4, -0.2) is 167 Å². The van der Waals surface area contributed by atoms with Gasteiger partial charge in [0, 0.05) is 39.3 Å². The molecule has 8 aromatic rings. The van der Waals surface area contributed by atoms with Gasteiger partial charge in [-0.25, -0.2) is 0 Å². The number of hydrogen-bond acceptors (Lipinski definition) is 16. The van der Waals surface area contributed by atoms with E-state index in [1.165, 1.54) is 34.8 Å². The first-order valence-corrected chi connectivity index (χ1v) is 31.0. The van der Waals surface area contributed by atoms with Gasteiger partial charge in [-0.2, -0.15) is 0 Å². The molecule has 480 valence electrons. The van der Waals surface area contributed by atoms with Crippen molar-refractivity contribution in [2.75, 3.05) is 39.3 Å². The van der Waals surface area contributed by atoms with E-state index < -0.39 is 102 Å². The normalized spacial score (nSPS) is 9.30. The van der Waals surface area contributed by atoms with Crippen molar-refractivity contribution in [1.82, 2.24) is 9.80 Å². The molecule has 0 saturated carbocycles. The fraction of sp³-hybridized carbons (Fsp3) is 0.100. The van der Waals surface area contributed by atoms with Gasteiger partial charge in [0.25, 0.3) is 0 Å². The minimum atomic E-state index is -2.77. The Kier molecular flexibility index (Phi) is 55.1. The van der Waals surface area contributed by atoms with E-state index in [-0.39, 0.29) is 88.3 Å². The third-order valence-electron chi connectivity index (χ3n) is 11.3. The molecule has 8 aromatic carbocycles. The van der Waals surface area contributed by atoms with E-state index in [2.05, 4.69) is 243 Å². The van der Waals surface area contributed by atoms with Crippen molar-refractivity contribution in [3.05, 3.63) is 243 Å². The molecule has 0 aliphatic rings. The van der Waals surface area contributed by atoms with Crippen molar-refractivity contribution in [2.45, 2.75) is 0 Å². The second-order valence-electron chi connectivity index (χ2n) is 16.5. The van der Waals surface area contributed by atoms with Gasteiger partial charge in [-0.15, -0.1) is 0 Å². The fourth-order valence-electron chi connectivity index (χ4n) is 8.43. The van der Waals surface area contributed by atoms with Gasteiger partial charge in [0.1, 0.15) is 0 Å². The molecule has 0 saturated heterocycles. The SMILES string of the molecule is O.O.O.O.O.O.O.O.O=C([O-])CN(CC(=O)[O-])CC(=O)[O-].O=C([O-])CN(CC(=O)[O-])CC(=O)[O-].[Co+3].[Co+3].[OH-].[OH-].c1ccc([As+](c2ccccc2)(c2ccccc2)c2ccccc2)cc1.c1ccc([As+](c2ccccc2)(c2ccccc2)c2ccccc2)cc1. The van der Waals surface area contributed by atoms with Crippen molar-refractivity contribution in [3.8, 4) is 0 Å². The van der Waals surface area contributed by atoms with Crippen LogP contribution in [0.25, 0.3) is 0 Å². The van der Waals surface area contributed by atoms with Crippen LogP contribution in [-0.2, 0) is 62.3 Å². The average molecular weight is 1440 g/mol. The second kappa shape index (κ2) is 50.3. The molecule has 0 aromatic heterocycles. The van der Waals surface area contributed by atoms with Gasteiger partial charge in [0.05, 0.1) is 35.8 Å². The Morgan fingerprint density at radius 3 is 0.398 bits per heavy atom. The zero-order valence-corrected chi connectivity index (χ0v) is 52.4. The molecule has 0 bridgehead atoms. The maximum atomic E-state index is 9.99. The van der Waals surface area contributed by atoms with Crippen LogP contribution in [0.15, 0.2) is 243 Å². The van der Waals surface area contributed by atoms with Crippen LogP contribution < -0.4 is 65.4 Å². The van der Waals surface area contributed by atoms with E-state index in [0.717, 1.165) is 0 Å². The molecular formula is C60H70As2Co2N2O22. The Labute approximate surface area is 533 Å². The zero-order valence-electron chi connectivity index (χ0n) is 46.6. The summed E-state index contributed by atoms with van der Waals surface area (Å²) >= 11 is -5.54. The van der Waals surface area contributed by atoms with Gasteiger partial charge in [-0.3, -0.25) is 9.80 Å². The third kappa shape index (κ3) is 28.4. The summed E-state index contributed by atoms with van der Waals surface area (Å²) in [7, 11) is 0. The molecule has 0 fully saturated rings. The quantitative estimate of drug-likeness (QED) is 0.0640. The Bertz CT molecular complexity index is 2480. The summed E-state index contributed by atoms with van der Waals surface area (Å²) in [5.41, 5.74) is 0. The van der Waals surface area contributed by atoms with Crippen LogP contribution in [0.4, 0.5) is 0 Å². The number of nitrogens with zero attached hydrogens (tertiary/aromatic N) is 2. The molecule has 0 aliphatic carbocycles. The number of carbonyl (C=O) groups is 6. The Morgan fingerprint density at radius 1 is 0.227 bits per heavy atom. The first-order chi connectivity index (χ1) is 36.7. The van der Waals surface area contributed by atoms with Crippen molar-refractivity contribution in [2.24, 2.45) is 0 Å². The Hall–Kier alpha value is -7.77. The Morgan fingerprint density at radius 2 is 0.318 bits per heavy atom. The number of carbonyl (C=O) groups excluding carboxylic acids is 6. The number of benzene rings is 8. The molecule has 24 nitrogen and oxygen atoms in total. The van der Waals surface area contributed by atoms with Crippen LogP contribution in [0.5, 0.6) is 0 Å². The molecule has 8 rings (SSSR count). The van der Waals surface area contributed by atoms with E-state index in [4.69, 9.17) is 0 Å². The number of carboxylic acid groups (broad SMARTS) is 6. The van der Waals surface area contributed by atoms with Gasteiger partial charge in [0.2, 0.25) is 0 Å². The summed E-state index contributed by atoms with van der Waals surface area (Å²) < 4.78 is 11.6. The van der Waals surface area contributed by atoms with Crippen molar-refractivity contribution in [3.63, 3.8) is 0 Å². The first kappa shape index (κ1) is 96.5. The molecule has 0 unspecified atom stereocenters. The second-order valence-corrected chi connectivity index (χ2v) is 30.8. The van der Waals surface area contributed by atoms with Crippen LogP contribution in [0.1, 0.15) is 0 Å². The standard InChI is InChI=1S/2C24H20As.2C6H9NO6.2Co.10H2O/c2*1-5-13-21(14-6-1)25(22-15-7-2-8-16-22,23-17-9-3-10-18-23)24-19-11-4-12-20-24;2*8-4(9)1-7(2-5(10)11)3-6(12)13;;;;;;;;;;;;/h2*1-20H;2*1-3H2,(H,8,9)(H,10,11)(H,12,13);;;10*1H2/q2*+1;;;2*+3;;;;;;;;;;/p-8. The number of carboxylic acids is 6. The van der Waals surface area contributed by atoms with Gasteiger partial charge < -0.3 is 114 Å². The molecule has 0 amide bonds. The van der Waals surface area contributed by atoms with Crippen LogP contribution >= 0.6 is 0 Å². The van der Waals surface area contributed by atoms with E-state index in [0.29, 0.717) is 9.80 Å². The zero-order chi connectivity index (χ0) is 54.8. The summed E-state index contributed by atoms with van der Waals surface area (Å²) in [6.45, 7) is -4.74. The molecule has 0 heterocycles. The molecule has 0 spiro atoms. The third-order valence-corrected chi connectivity index (χ3v) is 29.3. The molecule has 0 aliphatic heterocycles. The van der Waals surface area contributed by atoms with E-state index in [9.17, 15) is 59.4 Å². The van der Waals surface area contributed by atoms with Crippen molar-refractivity contribution in [1.29, 1.82) is 0 Å². The molecule has 0 atom stereocenters. The molecule has 88 heavy (non-hydrogen) atoms. The van der Waals surface area contributed by atoms with Gasteiger partial charge in [-0.1, -0.05) is 0 Å². The van der Waals surface area contributed by atoms with E-state index in [1.807, 2.05) is 0 Å². The summed E-state index contributed by atoms with van der Waals surface area (Å²) in [5, 5.41) is 60.0. The molecule has 18 N–H and O–H groups in total. The minimum absolute atomic E-state index is 0. The summed E-state index contributed by atoms with van der Waals surface area (Å²) in [5.74, 6) is -9.40. The number of hydrogen-bond donors (Lipinski definition) is 0. The van der Waals surface area contributed by atoms with E-state index in [1.54, 1.807) is 0 Å². The summed E-state index contributed by atoms with van der Waals surface area (Å²) in [4.78, 5) is 61.2. The van der Waals surface area contributed by atoms with Crippen LogP contribution in [0.3, 0.4) is 0 Å². The fourth-order valence-corrected chi connectivity index (χ4v) is 26.3. The average Bonchev–Trinajstić information content (AvgIpc) is 3.41. The summed E-state index contributed by atoms with van der Waals surface area (Å²) in [6.07, 6.45) is 0. The molecule has 0 radical (unpaired) electrons. The molecule has 28 heteroatoms. The van der Waals surface area contributed by atoms with Crippen LogP contribution in [0, 0.1) is 0 Å². The number of rotatable bonds is 20. The van der Waals surface area contributed by atoms with Gasteiger partial charge in [0.15, 0.2) is 0 Å². The maximum absolute atomic E-state index is 9.99. The first-order valence-electron chi connectivity index (χ1n) is 23.5. The molecular weight excluding hydrogens is 1370 g/mol. The Balaban J connectivity index is -0.000000161. The monoisotopic (exact) mass is 1440 g/mol. The van der Waals surface area contributed by atoms with E-state index >= 15 is 0 Å².